The number of thiazole rings is 1. The molecule has 1 heterocycles. The highest BCUT2D eigenvalue weighted by atomic mass is 32.1. The van der Waals surface area contributed by atoms with Crippen LogP contribution in [0.5, 0.6) is 0 Å². The van der Waals surface area contributed by atoms with Crippen LogP contribution in [0.25, 0.3) is 0 Å². The zero-order valence-electron chi connectivity index (χ0n) is 11.4. The van der Waals surface area contributed by atoms with Gasteiger partial charge in [0, 0.05) is 17.8 Å². The van der Waals surface area contributed by atoms with Crippen LogP contribution in [0.15, 0.2) is 5.38 Å². The van der Waals surface area contributed by atoms with Gasteiger partial charge in [0.05, 0.1) is 16.8 Å². The minimum Gasteiger partial charge on any atom is -0.393 e. The van der Waals surface area contributed by atoms with Gasteiger partial charge in [-0.3, -0.25) is 4.79 Å². The van der Waals surface area contributed by atoms with Gasteiger partial charge in [-0.25, -0.2) is 4.98 Å². The molecule has 0 radical (unpaired) electrons. The van der Waals surface area contributed by atoms with Crippen LogP contribution in [0.3, 0.4) is 0 Å². The van der Waals surface area contributed by atoms with Crippen molar-refractivity contribution in [3.05, 3.63) is 16.1 Å². The molecule has 0 unspecified atom stereocenters. The SMILES string of the molecule is Cc1nc(CCCC(=O)NC2CCC(O)CC2)cs1. The topological polar surface area (TPSA) is 62.2 Å². The lowest BCUT2D eigenvalue weighted by atomic mass is 9.93. The van der Waals surface area contributed by atoms with Gasteiger partial charge in [-0.2, -0.15) is 0 Å². The van der Waals surface area contributed by atoms with E-state index in [1.807, 2.05) is 6.92 Å². The largest absolute Gasteiger partial charge is 0.393 e. The molecule has 1 saturated carbocycles. The number of hydrogen-bond donors (Lipinski definition) is 2. The molecule has 0 aliphatic heterocycles. The number of carbonyl (C=O) groups excluding carboxylic acids is 1. The Labute approximate surface area is 118 Å². The summed E-state index contributed by atoms with van der Waals surface area (Å²) in [6, 6.07) is 0.261. The van der Waals surface area contributed by atoms with Gasteiger partial charge in [-0.15, -0.1) is 11.3 Å². The second kappa shape index (κ2) is 7.01. The highest BCUT2D eigenvalue weighted by Crippen LogP contribution is 2.18. The van der Waals surface area contributed by atoms with Crippen molar-refractivity contribution in [1.82, 2.24) is 10.3 Å². The summed E-state index contributed by atoms with van der Waals surface area (Å²) in [4.78, 5) is 16.2. The predicted octanol–water partition coefficient (Wildman–Crippen LogP) is 2.19. The summed E-state index contributed by atoms with van der Waals surface area (Å²) in [6.07, 6.45) is 5.55. The number of amides is 1. The number of nitrogens with zero attached hydrogens (tertiary/aromatic N) is 1. The summed E-state index contributed by atoms with van der Waals surface area (Å²) in [6.45, 7) is 2.00. The first-order valence-corrected chi connectivity index (χ1v) is 7.90. The number of aliphatic hydroxyl groups is 1. The minimum absolute atomic E-state index is 0.133. The number of rotatable bonds is 5. The smallest absolute Gasteiger partial charge is 0.220 e. The number of nitrogens with one attached hydrogen (secondary N) is 1. The Bertz CT molecular complexity index is 411. The second-order valence-electron chi connectivity index (χ2n) is 5.28. The van der Waals surface area contributed by atoms with E-state index in [0.717, 1.165) is 49.2 Å². The Morgan fingerprint density at radius 3 is 2.84 bits per heavy atom. The lowest BCUT2D eigenvalue weighted by Gasteiger charge is -2.26. The fourth-order valence-corrected chi connectivity index (χ4v) is 3.12. The average Bonchev–Trinajstić information content (AvgIpc) is 2.78. The molecule has 0 spiro atoms. The summed E-state index contributed by atoms with van der Waals surface area (Å²) in [5.74, 6) is 0.133. The minimum atomic E-state index is -0.166. The van der Waals surface area contributed by atoms with E-state index in [4.69, 9.17) is 0 Å². The van der Waals surface area contributed by atoms with Gasteiger partial charge in [-0.05, 0) is 45.4 Å². The van der Waals surface area contributed by atoms with Gasteiger partial charge < -0.3 is 10.4 Å². The lowest BCUT2D eigenvalue weighted by Crippen LogP contribution is -2.38. The molecule has 0 atom stereocenters. The van der Waals surface area contributed by atoms with Crippen LogP contribution in [-0.4, -0.2) is 28.1 Å². The van der Waals surface area contributed by atoms with Crippen LogP contribution in [0.1, 0.15) is 49.2 Å². The van der Waals surface area contributed by atoms with Crippen molar-refractivity contribution in [2.45, 2.75) is 64.0 Å². The van der Waals surface area contributed by atoms with Crippen molar-refractivity contribution in [3.8, 4) is 0 Å². The Hall–Kier alpha value is -0.940. The molecule has 0 aromatic carbocycles. The molecular formula is C14H22N2O2S. The summed E-state index contributed by atoms with van der Waals surface area (Å²) in [7, 11) is 0. The van der Waals surface area contributed by atoms with Crippen molar-refractivity contribution in [1.29, 1.82) is 0 Å². The highest BCUT2D eigenvalue weighted by Gasteiger charge is 2.20. The Morgan fingerprint density at radius 1 is 1.47 bits per heavy atom. The third-order valence-corrected chi connectivity index (χ3v) is 4.39. The van der Waals surface area contributed by atoms with Crippen molar-refractivity contribution >= 4 is 17.2 Å². The standard InChI is InChI=1S/C14H22N2O2S/c1-10-15-12(9-19-10)3-2-4-14(18)16-11-5-7-13(17)8-6-11/h9,11,13,17H,2-8H2,1H3,(H,16,18). The summed E-state index contributed by atoms with van der Waals surface area (Å²) in [5.41, 5.74) is 1.09. The molecular weight excluding hydrogens is 260 g/mol. The third kappa shape index (κ3) is 4.91. The van der Waals surface area contributed by atoms with Gasteiger partial charge >= 0.3 is 0 Å². The zero-order chi connectivity index (χ0) is 13.7. The van der Waals surface area contributed by atoms with Crippen molar-refractivity contribution in [2.75, 3.05) is 0 Å². The van der Waals surface area contributed by atoms with Crippen molar-refractivity contribution in [3.63, 3.8) is 0 Å². The van der Waals surface area contributed by atoms with Crippen LogP contribution < -0.4 is 5.32 Å². The molecule has 1 amide bonds. The number of aryl methyl sites for hydroxylation is 2. The highest BCUT2D eigenvalue weighted by molar-refractivity contribution is 7.09. The van der Waals surface area contributed by atoms with Gasteiger partial charge in [0.15, 0.2) is 0 Å². The fourth-order valence-electron chi connectivity index (χ4n) is 2.47. The fraction of sp³-hybridized carbons (Fsp3) is 0.714. The molecule has 106 valence electrons. The first kappa shape index (κ1) is 14.5. The van der Waals surface area contributed by atoms with E-state index in [2.05, 4.69) is 15.7 Å². The molecule has 2 N–H and O–H groups in total. The normalized spacial score (nSPS) is 23.3. The summed E-state index contributed by atoms with van der Waals surface area (Å²) in [5, 5.41) is 15.6. The van der Waals surface area contributed by atoms with E-state index < -0.39 is 0 Å². The van der Waals surface area contributed by atoms with E-state index in [1.165, 1.54) is 0 Å². The van der Waals surface area contributed by atoms with E-state index in [1.54, 1.807) is 11.3 Å². The maximum absolute atomic E-state index is 11.8. The molecule has 19 heavy (non-hydrogen) atoms. The second-order valence-corrected chi connectivity index (χ2v) is 6.35. The molecule has 1 aromatic heterocycles. The van der Waals surface area contributed by atoms with Gasteiger partial charge in [0.2, 0.25) is 5.91 Å². The first-order chi connectivity index (χ1) is 9.13. The Balaban J connectivity index is 1.62. The van der Waals surface area contributed by atoms with E-state index in [-0.39, 0.29) is 18.1 Å². The van der Waals surface area contributed by atoms with Crippen LogP contribution in [0.4, 0.5) is 0 Å². The average molecular weight is 282 g/mol. The molecule has 0 saturated heterocycles. The van der Waals surface area contributed by atoms with Crippen molar-refractivity contribution in [2.24, 2.45) is 0 Å². The molecule has 1 aromatic rings. The maximum Gasteiger partial charge on any atom is 0.220 e. The number of aliphatic hydroxyl groups excluding tert-OH is 1. The molecule has 2 rings (SSSR count). The molecule has 5 heteroatoms. The van der Waals surface area contributed by atoms with Crippen LogP contribution in [-0.2, 0) is 11.2 Å². The van der Waals surface area contributed by atoms with Crippen LogP contribution in [0.2, 0.25) is 0 Å². The van der Waals surface area contributed by atoms with Gasteiger partial charge in [-0.1, -0.05) is 0 Å². The molecule has 1 aliphatic carbocycles. The van der Waals surface area contributed by atoms with E-state index >= 15 is 0 Å². The van der Waals surface area contributed by atoms with Crippen LogP contribution in [0, 0.1) is 6.92 Å². The van der Waals surface area contributed by atoms with Crippen LogP contribution >= 0.6 is 11.3 Å². The van der Waals surface area contributed by atoms with Gasteiger partial charge in [0.1, 0.15) is 0 Å². The monoisotopic (exact) mass is 282 g/mol. The Kier molecular flexibility index (Phi) is 5.34. The predicted molar refractivity (Wildman–Crippen MR) is 76.2 cm³/mol. The molecule has 1 aliphatic rings. The summed E-state index contributed by atoms with van der Waals surface area (Å²) < 4.78 is 0. The van der Waals surface area contributed by atoms with E-state index in [9.17, 15) is 9.90 Å². The zero-order valence-corrected chi connectivity index (χ0v) is 12.2. The van der Waals surface area contributed by atoms with Gasteiger partial charge in [0.25, 0.3) is 0 Å². The Morgan fingerprint density at radius 2 is 2.21 bits per heavy atom. The third-order valence-electron chi connectivity index (χ3n) is 3.57. The lowest BCUT2D eigenvalue weighted by molar-refractivity contribution is -0.122. The number of carbonyl (C=O) groups is 1. The number of aromatic nitrogens is 1. The van der Waals surface area contributed by atoms with E-state index in [0.29, 0.717) is 6.42 Å². The maximum atomic E-state index is 11.8. The molecule has 0 bridgehead atoms. The number of hydrogen-bond acceptors (Lipinski definition) is 4. The quantitative estimate of drug-likeness (QED) is 0.870. The first-order valence-electron chi connectivity index (χ1n) is 7.02. The van der Waals surface area contributed by atoms with Crippen molar-refractivity contribution < 1.29 is 9.90 Å². The summed E-state index contributed by atoms with van der Waals surface area (Å²) >= 11 is 1.66. The molecule has 1 fully saturated rings. The molecule has 4 nitrogen and oxygen atoms in total.